The van der Waals surface area contributed by atoms with Gasteiger partial charge < -0.3 is 9.64 Å². The van der Waals surface area contributed by atoms with Crippen molar-refractivity contribution in [3.8, 4) is 0 Å². The Morgan fingerprint density at radius 2 is 1.71 bits per heavy atom. The molecule has 1 unspecified atom stereocenters. The van der Waals surface area contributed by atoms with E-state index in [4.69, 9.17) is 4.74 Å². The molecule has 3 rings (SSSR count). The highest BCUT2D eigenvalue weighted by atomic mass is 16.5. The van der Waals surface area contributed by atoms with Crippen LogP contribution >= 0.6 is 0 Å². The molecule has 1 fully saturated rings. The van der Waals surface area contributed by atoms with E-state index in [9.17, 15) is 9.59 Å². The molecule has 1 amide bonds. The number of esters is 1. The lowest BCUT2D eigenvalue weighted by Gasteiger charge is -2.20. The van der Waals surface area contributed by atoms with Crippen molar-refractivity contribution >= 4 is 22.9 Å². The standard InChI is InChI=1S/C18H21N3O3/c1-11-12(2)20-16-10-14(6-7-15(16)19-11)18(23)24-13(3)17(22)21-8-4-5-9-21/h6-7,10,13H,4-5,8-9H2,1-3H3. The molecule has 2 heterocycles. The van der Waals surface area contributed by atoms with Crippen molar-refractivity contribution in [3.05, 3.63) is 35.2 Å². The summed E-state index contributed by atoms with van der Waals surface area (Å²) in [6.07, 6.45) is 1.24. The third-order valence-corrected chi connectivity index (χ3v) is 4.36. The minimum absolute atomic E-state index is 0.132. The normalized spacial score (nSPS) is 15.5. The van der Waals surface area contributed by atoms with E-state index in [1.54, 1.807) is 30.0 Å². The summed E-state index contributed by atoms with van der Waals surface area (Å²) in [6.45, 7) is 6.88. The molecule has 1 aliphatic rings. The Hall–Kier alpha value is -2.50. The molecule has 0 bridgehead atoms. The van der Waals surface area contributed by atoms with Crippen LogP contribution in [0.3, 0.4) is 0 Å². The Morgan fingerprint density at radius 1 is 1.08 bits per heavy atom. The Bertz CT molecular complexity index is 797. The minimum Gasteiger partial charge on any atom is -0.449 e. The zero-order chi connectivity index (χ0) is 17.3. The fourth-order valence-corrected chi connectivity index (χ4v) is 2.83. The molecule has 2 aromatic rings. The predicted molar refractivity (Wildman–Crippen MR) is 89.7 cm³/mol. The van der Waals surface area contributed by atoms with Crippen molar-refractivity contribution < 1.29 is 14.3 Å². The van der Waals surface area contributed by atoms with Gasteiger partial charge in [0.25, 0.3) is 5.91 Å². The van der Waals surface area contributed by atoms with Crippen molar-refractivity contribution in [2.75, 3.05) is 13.1 Å². The molecule has 24 heavy (non-hydrogen) atoms. The summed E-state index contributed by atoms with van der Waals surface area (Å²) in [5.74, 6) is -0.648. The Labute approximate surface area is 140 Å². The fraction of sp³-hybridized carbons (Fsp3) is 0.444. The fourth-order valence-electron chi connectivity index (χ4n) is 2.83. The van der Waals surface area contributed by atoms with Gasteiger partial charge in [-0.25, -0.2) is 14.8 Å². The summed E-state index contributed by atoms with van der Waals surface area (Å²) >= 11 is 0. The van der Waals surface area contributed by atoms with Crippen molar-refractivity contribution in [1.29, 1.82) is 0 Å². The van der Waals surface area contributed by atoms with Crippen LogP contribution in [0.2, 0.25) is 0 Å². The number of aromatic nitrogens is 2. The van der Waals surface area contributed by atoms with Gasteiger partial charge in [0.15, 0.2) is 6.10 Å². The highest BCUT2D eigenvalue weighted by molar-refractivity contribution is 5.95. The number of carbonyl (C=O) groups excluding carboxylic acids is 2. The molecule has 6 heteroatoms. The van der Waals surface area contributed by atoms with Crippen LogP contribution in [0, 0.1) is 13.8 Å². The lowest BCUT2D eigenvalue weighted by Crippen LogP contribution is -2.38. The molecule has 0 N–H and O–H groups in total. The van der Waals surface area contributed by atoms with Crippen LogP contribution in [0.25, 0.3) is 11.0 Å². The second kappa shape index (κ2) is 6.55. The number of amides is 1. The molecule has 1 aromatic heterocycles. The number of hydrogen-bond acceptors (Lipinski definition) is 5. The topological polar surface area (TPSA) is 72.4 Å². The van der Waals surface area contributed by atoms with Crippen molar-refractivity contribution in [3.63, 3.8) is 0 Å². The second-order valence-corrected chi connectivity index (χ2v) is 6.18. The maximum Gasteiger partial charge on any atom is 0.338 e. The van der Waals surface area contributed by atoms with Gasteiger partial charge in [-0.05, 0) is 51.8 Å². The molecular weight excluding hydrogens is 306 g/mol. The molecular formula is C18H21N3O3. The van der Waals surface area contributed by atoms with E-state index >= 15 is 0 Å². The van der Waals surface area contributed by atoms with Crippen molar-refractivity contribution in [1.82, 2.24) is 14.9 Å². The maximum absolute atomic E-state index is 12.3. The molecule has 1 aliphatic heterocycles. The summed E-state index contributed by atoms with van der Waals surface area (Å²) in [6, 6.07) is 5.06. The smallest absolute Gasteiger partial charge is 0.338 e. The van der Waals surface area contributed by atoms with Crippen LogP contribution in [0.5, 0.6) is 0 Å². The molecule has 1 aromatic carbocycles. The first-order chi connectivity index (χ1) is 11.5. The van der Waals surface area contributed by atoms with Crippen LogP contribution in [0.15, 0.2) is 18.2 Å². The first-order valence-electron chi connectivity index (χ1n) is 8.20. The molecule has 0 spiro atoms. The van der Waals surface area contributed by atoms with Crippen LogP contribution < -0.4 is 0 Å². The number of rotatable bonds is 3. The minimum atomic E-state index is -0.780. The monoisotopic (exact) mass is 327 g/mol. The number of benzene rings is 1. The molecule has 6 nitrogen and oxygen atoms in total. The van der Waals surface area contributed by atoms with Gasteiger partial charge in [-0.15, -0.1) is 0 Å². The molecule has 0 saturated carbocycles. The first-order valence-corrected chi connectivity index (χ1v) is 8.20. The lowest BCUT2D eigenvalue weighted by atomic mass is 10.2. The Kier molecular flexibility index (Phi) is 4.46. The summed E-state index contributed by atoms with van der Waals surface area (Å²) in [4.78, 5) is 35.2. The Balaban J connectivity index is 1.75. The number of fused-ring (bicyclic) bond motifs is 1. The third kappa shape index (κ3) is 3.22. The second-order valence-electron chi connectivity index (χ2n) is 6.18. The van der Waals surface area contributed by atoms with Gasteiger partial charge >= 0.3 is 5.97 Å². The molecule has 126 valence electrons. The largest absolute Gasteiger partial charge is 0.449 e. The van der Waals surface area contributed by atoms with E-state index in [0.717, 1.165) is 42.8 Å². The maximum atomic E-state index is 12.3. The van der Waals surface area contributed by atoms with Crippen molar-refractivity contribution in [2.24, 2.45) is 0 Å². The van der Waals surface area contributed by atoms with E-state index in [-0.39, 0.29) is 5.91 Å². The zero-order valence-corrected chi connectivity index (χ0v) is 14.2. The number of ether oxygens (including phenoxy) is 1. The Morgan fingerprint density at radius 3 is 2.38 bits per heavy atom. The SMILES string of the molecule is Cc1nc2ccc(C(=O)OC(C)C(=O)N3CCCC3)cc2nc1C. The van der Waals surface area contributed by atoms with Gasteiger partial charge in [0, 0.05) is 13.1 Å². The van der Waals surface area contributed by atoms with Gasteiger partial charge in [0.1, 0.15) is 0 Å². The van der Waals surface area contributed by atoms with Crippen LogP contribution in [0.4, 0.5) is 0 Å². The predicted octanol–water partition coefficient (Wildman–Crippen LogP) is 2.41. The zero-order valence-electron chi connectivity index (χ0n) is 14.2. The van der Waals surface area contributed by atoms with E-state index in [0.29, 0.717) is 11.1 Å². The molecule has 0 radical (unpaired) electrons. The van der Waals surface area contributed by atoms with Crippen LogP contribution in [-0.4, -0.2) is 45.9 Å². The average Bonchev–Trinajstić information content (AvgIpc) is 3.09. The van der Waals surface area contributed by atoms with Crippen LogP contribution in [-0.2, 0) is 9.53 Å². The van der Waals surface area contributed by atoms with Gasteiger partial charge in [-0.3, -0.25) is 4.79 Å². The van der Waals surface area contributed by atoms with Gasteiger partial charge in [-0.1, -0.05) is 0 Å². The number of aryl methyl sites for hydroxylation is 2. The summed E-state index contributed by atoms with van der Waals surface area (Å²) in [7, 11) is 0. The third-order valence-electron chi connectivity index (χ3n) is 4.36. The first kappa shape index (κ1) is 16.4. The van der Waals surface area contributed by atoms with E-state index in [1.165, 1.54) is 0 Å². The van der Waals surface area contributed by atoms with E-state index < -0.39 is 12.1 Å². The van der Waals surface area contributed by atoms with E-state index in [2.05, 4.69) is 9.97 Å². The average molecular weight is 327 g/mol. The highest BCUT2D eigenvalue weighted by Gasteiger charge is 2.26. The van der Waals surface area contributed by atoms with E-state index in [1.807, 2.05) is 13.8 Å². The van der Waals surface area contributed by atoms with Gasteiger partial charge in [0.2, 0.25) is 0 Å². The highest BCUT2D eigenvalue weighted by Crippen LogP contribution is 2.16. The lowest BCUT2D eigenvalue weighted by molar-refractivity contribution is -0.138. The quantitative estimate of drug-likeness (QED) is 0.810. The summed E-state index contributed by atoms with van der Waals surface area (Å²) in [5, 5.41) is 0. The number of carbonyl (C=O) groups is 2. The van der Waals surface area contributed by atoms with Crippen LogP contribution in [0.1, 0.15) is 41.5 Å². The van der Waals surface area contributed by atoms with Crippen molar-refractivity contribution in [2.45, 2.75) is 39.7 Å². The summed E-state index contributed by atoms with van der Waals surface area (Å²) in [5.41, 5.74) is 3.44. The number of hydrogen-bond donors (Lipinski definition) is 0. The molecule has 1 atom stereocenters. The summed E-state index contributed by atoms with van der Waals surface area (Å²) < 4.78 is 5.34. The number of nitrogens with zero attached hydrogens (tertiary/aromatic N) is 3. The van der Waals surface area contributed by atoms with Gasteiger partial charge in [0.05, 0.1) is 28.0 Å². The molecule has 0 aliphatic carbocycles. The number of likely N-dealkylation sites (tertiary alicyclic amines) is 1. The van der Waals surface area contributed by atoms with Gasteiger partial charge in [-0.2, -0.15) is 0 Å². The molecule has 1 saturated heterocycles.